The van der Waals surface area contributed by atoms with Gasteiger partial charge < -0.3 is 20.6 Å². The van der Waals surface area contributed by atoms with E-state index in [2.05, 4.69) is 5.16 Å². The zero-order valence-corrected chi connectivity index (χ0v) is 10.1. The summed E-state index contributed by atoms with van der Waals surface area (Å²) in [4.78, 5) is 13.3. The fraction of sp³-hybridized carbons (Fsp3) is 0.800. The summed E-state index contributed by atoms with van der Waals surface area (Å²) in [5, 5.41) is 11.3. The first-order valence-corrected chi connectivity index (χ1v) is 5.32. The third kappa shape index (κ3) is 5.55. The van der Waals surface area contributed by atoms with Crippen LogP contribution in [0.1, 0.15) is 26.7 Å². The first-order valence-electron chi connectivity index (χ1n) is 5.32. The Balaban J connectivity index is 4.11. The molecule has 0 aromatic heterocycles. The van der Waals surface area contributed by atoms with Gasteiger partial charge in [0.1, 0.15) is 0 Å². The normalized spacial score (nSPS) is 13.6. The Bertz CT molecular complexity index is 243. The van der Waals surface area contributed by atoms with Crippen LogP contribution >= 0.6 is 0 Å². The number of oxime groups is 1. The molecule has 1 unspecified atom stereocenters. The van der Waals surface area contributed by atoms with Crippen molar-refractivity contribution < 1.29 is 14.7 Å². The van der Waals surface area contributed by atoms with Crippen LogP contribution < -0.4 is 5.73 Å². The summed E-state index contributed by atoms with van der Waals surface area (Å²) in [6.07, 6.45) is 1.13. The van der Waals surface area contributed by atoms with Gasteiger partial charge in [0.05, 0.1) is 12.6 Å². The lowest BCUT2D eigenvalue weighted by Crippen LogP contribution is -2.38. The van der Waals surface area contributed by atoms with Crippen molar-refractivity contribution in [2.24, 2.45) is 10.9 Å². The molecule has 1 amide bonds. The summed E-state index contributed by atoms with van der Waals surface area (Å²) in [6, 6.07) is 0. The van der Waals surface area contributed by atoms with E-state index in [-0.39, 0.29) is 24.4 Å². The zero-order chi connectivity index (χ0) is 12.6. The monoisotopic (exact) mass is 231 g/mol. The van der Waals surface area contributed by atoms with Crippen molar-refractivity contribution in [3.8, 4) is 0 Å². The van der Waals surface area contributed by atoms with Crippen molar-refractivity contribution in [2.75, 3.05) is 20.2 Å². The fourth-order valence-electron chi connectivity index (χ4n) is 1.21. The summed E-state index contributed by atoms with van der Waals surface area (Å²) in [6.45, 7) is 4.46. The molecule has 0 aromatic rings. The molecule has 6 nitrogen and oxygen atoms in total. The van der Waals surface area contributed by atoms with Crippen LogP contribution in [0.25, 0.3) is 0 Å². The van der Waals surface area contributed by atoms with Gasteiger partial charge in [-0.05, 0) is 20.3 Å². The molecular weight excluding hydrogens is 210 g/mol. The van der Waals surface area contributed by atoms with E-state index in [0.717, 1.165) is 0 Å². The number of amides is 1. The highest BCUT2D eigenvalue weighted by atomic mass is 16.5. The van der Waals surface area contributed by atoms with Gasteiger partial charge in [0.2, 0.25) is 5.91 Å². The summed E-state index contributed by atoms with van der Waals surface area (Å²) in [5.74, 6) is 0.0213. The molecule has 0 aliphatic heterocycles. The summed E-state index contributed by atoms with van der Waals surface area (Å²) in [5.41, 5.74) is 5.35. The lowest BCUT2D eigenvalue weighted by Gasteiger charge is -2.20. The number of nitrogens with zero attached hydrogens (tertiary/aromatic N) is 2. The number of carbonyl (C=O) groups is 1. The van der Waals surface area contributed by atoms with E-state index < -0.39 is 0 Å². The van der Waals surface area contributed by atoms with Crippen molar-refractivity contribution in [3.05, 3.63) is 0 Å². The standard InChI is InChI=1S/C10H21N3O3/c1-4-13(7-9(11)12-15)10(14)6-5-8(2)16-3/h8,15H,4-7H2,1-3H3,(H2,11,12). The van der Waals surface area contributed by atoms with Crippen LogP contribution in [0.2, 0.25) is 0 Å². The molecule has 1 atom stereocenters. The topological polar surface area (TPSA) is 88.1 Å². The Morgan fingerprint density at radius 2 is 2.25 bits per heavy atom. The van der Waals surface area contributed by atoms with E-state index in [1.165, 1.54) is 4.90 Å². The maximum Gasteiger partial charge on any atom is 0.223 e. The SMILES string of the molecule is CCN(CC(N)=NO)C(=O)CCC(C)OC. The number of ether oxygens (including phenoxy) is 1. The number of hydrogen-bond donors (Lipinski definition) is 2. The molecule has 0 bridgehead atoms. The number of nitrogens with two attached hydrogens (primary N) is 1. The van der Waals surface area contributed by atoms with Crippen molar-refractivity contribution >= 4 is 11.7 Å². The maximum atomic E-state index is 11.7. The molecule has 0 radical (unpaired) electrons. The van der Waals surface area contributed by atoms with Gasteiger partial charge in [-0.3, -0.25) is 4.79 Å². The average molecular weight is 231 g/mol. The maximum absolute atomic E-state index is 11.7. The van der Waals surface area contributed by atoms with Gasteiger partial charge in [0.25, 0.3) is 0 Å². The summed E-state index contributed by atoms with van der Waals surface area (Å²) in [7, 11) is 1.61. The number of amidine groups is 1. The quantitative estimate of drug-likeness (QED) is 0.287. The molecule has 0 aromatic carbocycles. The Morgan fingerprint density at radius 1 is 1.62 bits per heavy atom. The minimum atomic E-state index is -0.0157. The van der Waals surface area contributed by atoms with Crippen molar-refractivity contribution in [1.82, 2.24) is 4.90 Å². The predicted molar refractivity (Wildman–Crippen MR) is 61.4 cm³/mol. The van der Waals surface area contributed by atoms with Gasteiger partial charge in [-0.2, -0.15) is 0 Å². The van der Waals surface area contributed by atoms with Gasteiger partial charge in [-0.1, -0.05) is 5.16 Å². The molecule has 0 fully saturated rings. The molecule has 0 saturated heterocycles. The third-order valence-corrected chi connectivity index (χ3v) is 2.38. The molecule has 6 heteroatoms. The first-order chi connectivity index (χ1) is 7.54. The van der Waals surface area contributed by atoms with E-state index >= 15 is 0 Å². The highest BCUT2D eigenvalue weighted by molar-refractivity contribution is 5.86. The van der Waals surface area contributed by atoms with E-state index in [1.807, 2.05) is 13.8 Å². The Hall–Kier alpha value is -1.30. The van der Waals surface area contributed by atoms with Crippen molar-refractivity contribution in [1.29, 1.82) is 0 Å². The fourth-order valence-corrected chi connectivity index (χ4v) is 1.21. The second-order valence-electron chi connectivity index (χ2n) is 3.58. The lowest BCUT2D eigenvalue weighted by molar-refractivity contribution is -0.130. The Morgan fingerprint density at radius 3 is 2.69 bits per heavy atom. The van der Waals surface area contributed by atoms with E-state index in [0.29, 0.717) is 19.4 Å². The van der Waals surface area contributed by atoms with E-state index in [4.69, 9.17) is 15.7 Å². The van der Waals surface area contributed by atoms with E-state index in [9.17, 15) is 4.79 Å². The molecule has 0 spiro atoms. The lowest BCUT2D eigenvalue weighted by atomic mass is 10.2. The third-order valence-electron chi connectivity index (χ3n) is 2.38. The zero-order valence-electron chi connectivity index (χ0n) is 10.1. The summed E-state index contributed by atoms with van der Waals surface area (Å²) < 4.78 is 5.06. The number of hydrogen-bond acceptors (Lipinski definition) is 4. The first kappa shape index (κ1) is 14.7. The van der Waals surface area contributed by atoms with Gasteiger partial charge in [-0.25, -0.2) is 0 Å². The van der Waals surface area contributed by atoms with Crippen LogP contribution in [0.15, 0.2) is 5.16 Å². The molecule has 0 rings (SSSR count). The largest absolute Gasteiger partial charge is 0.409 e. The van der Waals surface area contributed by atoms with Crippen LogP contribution in [0.5, 0.6) is 0 Å². The van der Waals surface area contributed by atoms with Gasteiger partial charge in [0, 0.05) is 20.1 Å². The number of rotatable bonds is 7. The Labute approximate surface area is 96.0 Å². The second-order valence-corrected chi connectivity index (χ2v) is 3.58. The van der Waals surface area contributed by atoms with Gasteiger partial charge in [0.15, 0.2) is 5.84 Å². The van der Waals surface area contributed by atoms with Crippen LogP contribution in [0.4, 0.5) is 0 Å². The van der Waals surface area contributed by atoms with Crippen molar-refractivity contribution in [3.63, 3.8) is 0 Å². The number of likely N-dealkylation sites (N-methyl/N-ethyl adjacent to an activating group) is 1. The van der Waals surface area contributed by atoms with Crippen LogP contribution in [-0.4, -0.2) is 48.2 Å². The minimum Gasteiger partial charge on any atom is -0.409 e. The highest BCUT2D eigenvalue weighted by Crippen LogP contribution is 2.03. The molecular formula is C10H21N3O3. The van der Waals surface area contributed by atoms with Crippen molar-refractivity contribution in [2.45, 2.75) is 32.8 Å². The Kier molecular flexibility index (Phi) is 7.28. The molecule has 94 valence electrons. The highest BCUT2D eigenvalue weighted by Gasteiger charge is 2.14. The van der Waals surface area contributed by atoms with Crippen LogP contribution in [0, 0.1) is 0 Å². The van der Waals surface area contributed by atoms with Crippen LogP contribution in [-0.2, 0) is 9.53 Å². The molecule has 3 N–H and O–H groups in total. The molecule has 0 heterocycles. The molecule has 0 saturated carbocycles. The molecule has 16 heavy (non-hydrogen) atoms. The second kappa shape index (κ2) is 7.92. The molecule has 0 aliphatic carbocycles. The predicted octanol–water partition coefficient (Wildman–Crippen LogP) is 0.396. The number of carbonyl (C=O) groups excluding carboxylic acids is 1. The van der Waals surface area contributed by atoms with Crippen LogP contribution in [0.3, 0.4) is 0 Å². The summed E-state index contributed by atoms with van der Waals surface area (Å²) >= 11 is 0. The van der Waals surface area contributed by atoms with Gasteiger partial charge >= 0.3 is 0 Å². The average Bonchev–Trinajstić information content (AvgIpc) is 2.31. The molecule has 0 aliphatic rings. The number of methoxy groups -OCH3 is 1. The smallest absolute Gasteiger partial charge is 0.223 e. The van der Waals surface area contributed by atoms with E-state index in [1.54, 1.807) is 7.11 Å². The van der Waals surface area contributed by atoms with Gasteiger partial charge in [-0.15, -0.1) is 0 Å². The minimum absolute atomic E-state index is 0.0157.